The normalized spacial score (nSPS) is 10.1. The Balaban J connectivity index is 1.78. The maximum atomic E-state index is 12.1. The summed E-state index contributed by atoms with van der Waals surface area (Å²) in [5.74, 6) is 1.28. The van der Waals surface area contributed by atoms with Crippen molar-refractivity contribution in [1.82, 2.24) is 15.3 Å². The number of hydrogen-bond acceptors (Lipinski definition) is 6. The summed E-state index contributed by atoms with van der Waals surface area (Å²) in [5, 5.41) is 8.72. The van der Waals surface area contributed by atoms with Crippen LogP contribution in [0.3, 0.4) is 0 Å². The number of carbonyl (C=O) groups excluding carboxylic acids is 2. The lowest BCUT2D eigenvalue weighted by molar-refractivity contribution is -0.115. The molecule has 1 aromatic carbocycles. The molecule has 0 aliphatic heterocycles. The molecular formula is C18H24N6O2. The lowest BCUT2D eigenvalue weighted by Crippen LogP contribution is -2.29. The van der Waals surface area contributed by atoms with Crippen LogP contribution >= 0.6 is 0 Å². The van der Waals surface area contributed by atoms with Crippen molar-refractivity contribution in [3.05, 3.63) is 42.2 Å². The van der Waals surface area contributed by atoms with Gasteiger partial charge in [-0.25, -0.2) is 9.97 Å². The van der Waals surface area contributed by atoms with Gasteiger partial charge in [0, 0.05) is 50.9 Å². The van der Waals surface area contributed by atoms with Crippen LogP contribution in [0.1, 0.15) is 23.7 Å². The number of rotatable bonds is 8. The molecule has 0 saturated carbocycles. The second-order valence-electron chi connectivity index (χ2n) is 5.82. The average Bonchev–Trinajstić information content (AvgIpc) is 2.65. The third-order valence-corrected chi connectivity index (χ3v) is 3.58. The molecule has 2 rings (SSSR count). The van der Waals surface area contributed by atoms with Gasteiger partial charge >= 0.3 is 0 Å². The van der Waals surface area contributed by atoms with Crippen LogP contribution in [0, 0.1) is 0 Å². The zero-order chi connectivity index (χ0) is 18.9. The number of hydrogen-bond donors (Lipinski definition) is 3. The van der Waals surface area contributed by atoms with Crippen molar-refractivity contribution in [3.63, 3.8) is 0 Å². The first kappa shape index (κ1) is 19.2. The van der Waals surface area contributed by atoms with E-state index in [0.29, 0.717) is 36.6 Å². The summed E-state index contributed by atoms with van der Waals surface area (Å²) in [6, 6.07) is 8.63. The van der Waals surface area contributed by atoms with Crippen molar-refractivity contribution >= 4 is 29.1 Å². The van der Waals surface area contributed by atoms with Gasteiger partial charge in [-0.15, -0.1) is 0 Å². The first-order chi connectivity index (χ1) is 12.5. The Morgan fingerprint density at radius 1 is 1.08 bits per heavy atom. The van der Waals surface area contributed by atoms with E-state index in [0.717, 1.165) is 5.82 Å². The molecule has 0 bridgehead atoms. The van der Waals surface area contributed by atoms with Gasteiger partial charge in [0.1, 0.15) is 18.0 Å². The highest BCUT2D eigenvalue weighted by Gasteiger charge is 2.06. The fourth-order valence-corrected chi connectivity index (χ4v) is 2.11. The molecule has 0 saturated heterocycles. The quantitative estimate of drug-likeness (QED) is 0.623. The maximum absolute atomic E-state index is 12.1. The van der Waals surface area contributed by atoms with Gasteiger partial charge in [0.15, 0.2) is 0 Å². The molecule has 1 heterocycles. The first-order valence-electron chi connectivity index (χ1n) is 8.41. The highest BCUT2D eigenvalue weighted by molar-refractivity contribution is 5.95. The second-order valence-corrected chi connectivity index (χ2v) is 5.82. The fraction of sp³-hybridized carbons (Fsp3) is 0.333. The predicted octanol–water partition coefficient (Wildman–Crippen LogP) is 1.73. The summed E-state index contributed by atoms with van der Waals surface area (Å²) in [6.07, 6.45) is 1.91. The molecule has 2 aromatic rings. The lowest BCUT2D eigenvalue weighted by Gasteiger charge is -2.12. The Labute approximate surface area is 153 Å². The largest absolute Gasteiger partial charge is 0.368 e. The standard InChI is InChI=1S/C18H24N6O2/c1-4-17(25)23-14-7-5-13(6-8-14)18(26)20-10-9-19-15-11-16(24(2)3)22-12-21-15/h5-8,11-12H,4,9-10H2,1-3H3,(H,20,26)(H,23,25)(H,19,21,22). The Kier molecular flexibility index (Phi) is 6.90. The molecule has 1 aromatic heterocycles. The molecule has 26 heavy (non-hydrogen) atoms. The van der Waals surface area contributed by atoms with Gasteiger partial charge in [0.25, 0.3) is 5.91 Å². The Bertz CT molecular complexity index is 746. The third kappa shape index (κ3) is 5.73. The van der Waals surface area contributed by atoms with Crippen LogP contribution in [-0.4, -0.2) is 49.0 Å². The van der Waals surface area contributed by atoms with E-state index in [2.05, 4.69) is 25.9 Å². The number of carbonyl (C=O) groups is 2. The molecule has 8 heteroatoms. The molecule has 0 radical (unpaired) electrons. The van der Waals surface area contributed by atoms with Gasteiger partial charge in [0.2, 0.25) is 5.91 Å². The molecule has 0 atom stereocenters. The van der Waals surface area contributed by atoms with E-state index < -0.39 is 0 Å². The van der Waals surface area contributed by atoms with Crippen molar-refractivity contribution in [3.8, 4) is 0 Å². The van der Waals surface area contributed by atoms with E-state index in [-0.39, 0.29) is 11.8 Å². The second kappa shape index (κ2) is 9.36. The van der Waals surface area contributed by atoms with Crippen LogP contribution in [0.25, 0.3) is 0 Å². The number of nitrogens with zero attached hydrogens (tertiary/aromatic N) is 3. The van der Waals surface area contributed by atoms with Gasteiger partial charge < -0.3 is 20.9 Å². The van der Waals surface area contributed by atoms with Crippen molar-refractivity contribution in [2.75, 3.05) is 42.7 Å². The Hall–Kier alpha value is -3.16. The van der Waals surface area contributed by atoms with Gasteiger partial charge in [-0.3, -0.25) is 9.59 Å². The highest BCUT2D eigenvalue weighted by Crippen LogP contribution is 2.11. The monoisotopic (exact) mass is 356 g/mol. The van der Waals surface area contributed by atoms with Crippen LogP contribution in [0.5, 0.6) is 0 Å². The lowest BCUT2D eigenvalue weighted by atomic mass is 10.2. The fourth-order valence-electron chi connectivity index (χ4n) is 2.11. The van der Waals surface area contributed by atoms with E-state index in [9.17, 15) is 9.59 Å². The Morgan fingerprint density at radius 2 is 1.81 bits per heavy atom. The summed E-state index contributed by atoms with van der Waals surface area (Å²) in [4.78, 5) is 33.6. The molecule has 0 spiro atoms. The molecule has 0 unspecified atom stereocenters. The third-order valence-electron chi connectivity index (χ3n) is 3.58. The van der Waals surface area contributed by atoms with Crippen LogP contribution in [-0.2, 0) is 4.79 Å². The van der Waals surface area contributed by atoms with Crippen LogP contribution in [0.2, 0.25) is 0 Å². The van der Waals surface area contributed by atoms with E-state index >= 15 is 0 Å². The van der Waals surface area contributed by atoms with Crippen LogP contribution < -0.4 is 20.9 Å². The molecule has 0 fully saturated rings. The number of nitrogens with one attached hydrogen (secondary N) is 3. The predicted molar refractivity (Wildman–Crippen MR) is 103 cm³/mol. The summed E-state index contributed by atoms with van der Waals surface area (Å²) >= 11 is 0. The SMILES string of the molecule is CCC(=O)Nc1ccc(C(=O)NCCNc2cc(N(C)C)ncn2)cc1. The van der Waals surface area contributed by atoms with Crippen molar-refractivity contribution in [2.24, 2.45) is 0 Å². The van der Waals surface area contributed by atoms with Crippen molar-refractivity contribution in [2.45, 2.75) is 13.3 Å². The van der Waals surface area contributed by atoms with Gasteiger partial charge in [-0.1, -0.05) is 6.92 Å². The van der Waals surface area contributed by atoms with Gasteiger partial charge in [-0.2, -0.15) is 0 Å². The Morgan fingerprint density at radius 3 is 2.46 bits per heavy atom. The highest BCUT2D eigenvalue weighted by atomic mass is 16.2. The van der Waals surface area contributed by atoms with E-state index in [1.54, 1.807) is 31.2 Å². The summed E-state index contributed by atoms with van der Waals surface area (Å²) in [5.41, 5.74) is 1.21. The molecule has 8 nitrogen and oxygen atoms in total. The maximum Gasteiger partial charge on any atom is 0.251 e. The minimum atomic E-state index is -0.170. The smallest absolute Gasteiger partial charge is 0.251 e. The average molecular weight is 356 g/mol. The molecule has 2 amide bonds. The molecule has 0 aliphatic carbocycles. The van der Waals surface area contributed by atoms with E-state index in [4.69, 9.17) is 0 Å². The minimum absolute atomic E-state index is 0.0598. The topological polar surface area (TPSA) is 99.2 Å². The molecule has 3 N–H and O–H groups in total. The van der Waals surface area contributed by atoms with E-state index in [1.165, 1.54) is 6.33 Å². The summed E-state index contributed by atoms with van der Waals surface area (Å²) in [6.45, 7) is 2.78. The number of anilines is 3. The first-order valence-corrected chi connectivity index (χ1v) is 8.41. The zero-order valence-electron chi connectivity index (χ0n) is 15.2. The minimum Gasteiger partial charge on any atom is -0.368 e. The molecule has 138 valence electrons. The summed E-state index contributed by atoms with van der Waals surface area (Å²) < 4.78 is 0. The van der Waals surface area contributed by atoms with Gasteiger partial charge in [0.05, 0.1) is 0 Å². The van der Waals surface area contributed by atoms with Gasteiger partial charge in [-0.05, 0) is 24.3 Å². The summed E-state index contributed by atoms with van der Waals surface area (Å²) in [7, 11) is 3.82. The van der Waals surface area contributed by atoms with Crippen molar-refractivity contribution in [1.29, 1.82) is 0 Å². The van der Waals surface area contributed by atoms with Crippen molar-refractivity contribution < 1.29 is 9.59 Å². The molecular weight excluding hydrogens is 332 g/mol. The van der Waals surface area contributed by atoms with E-state index in [1.807, 2.05) is 25.1 Å². The number of benzene rings is 1. The number of aromatic nitrogens is 2. The zero-order valence-corrected chi connectivity index (χ0v) is 15.2. The van der Waals surface area contributed by atoms with Crippen LogP contribution in [0.4, 0.5) is 17.3 Å². The van der Waals surface area contributed by atoms with Crippen LogP contribution in [0.15, 0.2) is 36.7 Å². The number of amides is 2. The molecule has 0 aliphatic rings.